The fraction of sp³-hybridized carbons (Fsp3) is 0.889. The van der Waals surface area contributed by atoms with Crippen molar-refractivity contribution < 1.29 is 0 Å². The molecule has 0 unspecified atom stereocenters. The van der Waals surface area contributed by atoms with Crippen molar-refractivity contribution in [3.05, 3.63) is 11.4 Å². The molecule has 0 saturated carbocycles. The molecule has 0 N–H and O–H groups in total. The monoisotopic (exact) mass is 152 g/mol. The fourth-order valence-electron chi connectivity index (χ4n) is 1.46. The standard InChI is InChI=1S/C9H16N2/c1-8(2)11-6-9(7-11)4-5-10-3/h8-9H,4-7H2,1-2H3. The van der Waals surface area contributed by atoms with Crippen molar-refractivity contribution in [2.75, 3.05) is 19.6 Å². The molecule has 62 valence electrons. The molecule has 1 heterocycles. The van der Waals surface area contributed by atoms with E-state index in [1.807, 2.05) is 0 Å². The molecule has 1 aliphatic rings. The zero-order chi connectivity index (χ0) is 8.27. The van der Waals surface area contributed by atoms with Gasteiger partial charge in [0.1, 0.15) is 0 Å². The van der Waals surface area contributed by atoms with Crippen LogP contribution in [0.2, 0.25) is 0 Å². The first-order chi connectivity index (χ1) is 5.24. The molecule has 0 radical (unpaired) electrons. The molecular weight excluding hydrogens is 136 g/mol. The fourth-order valence-corrected chi connectivity index (χ4v) is 1.46. The molecule has 0 aliphatic carbocycles. The van der Waals surface area contributed by atoms with E-state index < -0.39 is 0 Å². The second-order valence-electron chi connectivity index (χ2n) is 3.58. The molecule has 0 aromatic rings. The number of likely N-dealkylation sites (tertiary alicyclic amines) is 1. The number of hydrogen-bond donors (Lipinski definition) is 0. The highest BCUT2D eigenvalue weighted by Gasteiger charge is 2.28. The SMILES string of the molecule is [C-]#[N+]CCC1CN(C(C)C)C1. The minimum absolute atomic E-state index is 0.694. The Morgan fingerprint density at radius 1 is 1.55 bits per heavy atom. The summed E-state index contributed by atoms with van der Waals surface area (Å²) in [5.41, 5.74) is 0. The Morgan fingerprint density at radius 3 is 2.64 bits per heavy atom. The van der Waals surface area contributed by atoms with Crippen LogP contribution in [-0.4, -0.2) is 30.6 Å². The summed E-state index contributed by atoms with van der Waals surface area (Å²) in [4.78, 5) is 5.81. The Balaban J connectivity index is 2.06. The van der Waals surface area contributed by atoms with Crippen LogP contribution in [0, 0.1) is 12.5 Å². The molecule has 0 atom stereocenters. The van der Waals surface area contributed by atoms with E-state index in [2.05, 4.69) is 23.6 Å². The van der Waals surface area contributed by atoms with Crippen LogP contribution in [0.15, 0.2) is 0 Å². The molecule has 1 fully saturated rings. The summed E-state index contributed by atoms with van der Waals surface area (Å²) in [6.45, 7) is 14.2. The number of rotatable bonds is 3. The van der Waals surface area contributed by atoms with E-state index in [1.165, 1.54) is 13.1 Å². The second-order valence-corrected chi connectivity index (χ2v) is 3.58. The third kappa shape index (κ3) is 2.20. The summed E-state index contributed by atoms with van der Waals surface area (Å²) in [7, 11) is 0. The van der Waals surface area contributed by atoms with Crippen molar-refractivity contribution in [3.63, 3.8) is 0 Å². The van der Waals surface area contributed by atoms with E-state index in [0.29, 0.717) is 6.04 Å². The molecule has 2 heteroatoms. The van der Waals surface area contributed by atoms with Gasteiger partial charge in [-0.25, -0.2) is 6.57 Å². The van der Waals surface area contributed by atoms with Gasteiger partial charge in [-0.2, -0.15) is 0 Å². The lowest BCUT2D eigenvalue weighted by atomic mass is 9.95. The summed E-state index contributed by atoms with van der Waals surface area (Å²) >= 11 is 0. The van der Waals surface area contributed by atoms with Gasteiger partial charge in [-0.3, -0.25) is 0 Å². The lowest BCUT2D eigenvalue weighted by molar-refractivity contribution is 0.0653. The third-order valence-electron chi connectivity index (χ3n) is 2.36. The van der Waals surface area contributed by atoms with Gasteiger partial charge in [0.2, 0.25) is 6.54 Å². The highest BCUT2D eigenvalue weighted by Crippen LogP contribution is 2.20. The number of hydrogen-bond acceptors (Lipinski definition) is 1. The van der Waals surface area contributed by atoms with Crippen LogP contribution in [0.25, 0.3) is 4.85 Å². The van der Waals surface area contributed by atoms with Gasteiger partial charge in [-0.15, -0.1) is 0 Å². The normalized spacial score (nSPS) is 19.8. The quantitative estimate of drug-likeness (QED) is 0.558. The van der Waals surface area contributed by atoms with Gasteiger partial charge < -0.3 is 9.74 Å². The molecule has 0 spiro atoms. The van der Waals surface area contributed by atoms with Crippen molar-refractivity contribution >= 4 is 0 Å². The predicted molar refractivity (Wildman–Crippen MR) is 46.3 cm³/mol. The largest absolute Gasteiger partial charge is 0.317 e. The smallest absolute Gasteiger partial charge is 0.215 e. The molecule has 1 rings (SSSR count). The maximum absolute atomic E-state index is 6.64. The summed E-state index contributed by atoms with van der Waals surface area (Å²) in [6.07, 6.45) is 1.10. The molecule has 1 saturated heterocycles. The van der Waals surface area contributed by atoms with Crippen LogP contribution in [0.3, 0.4) is 0 Å². The highest BCUT2D eigenvalue weighted by molar-refractivity contribution is 4.83. The van der Waals surface area contributed by atoms with Crippen LogP contribution >= 0.6 is 0 Å². The van der Waals surface area contributed by atoms with Gasteiger partial charge in [0.05, 0.1) is 0 Å². The Hall–Kier alpha value is -0.550. The first-order valence-electron chi connectivity index (χ1n) is 4.31. The van der Waals surface area contributed by atoms with Crippen molar-refractivity contribution in [2.45, 2.75) is 26.3 Å². The van der Waals surface area contributed by atoms with Crippen molar-refractivity contribution in [2.24, 2.45) is 5.92 Å². The Morgan fingerprint density at radius 2 is 2.18 bits per heavy atom. The highest BCUT2D eigenvalue weighted by atomic mass is 15.2. The minimum Gasteiger partial charge on any atom is -0.317 e. The predicted octanol–water partition coefficient (Wildman–Crippen LogP) is 1.64. The van der Waals surface area contributed by atoms with Gasteiger partial charge in [0.15, 0.2) is 0 Å². The Labute approximate surface area is 69.0 Å². The van der Waals surface area contributed by atoms with Gasteiger partial charge >= 0.3 is 0 Å². The molecule has 1 aliphatic heterocycles. The summed E-state index contributed by atoms with van der Waals surface area (Å²) in [5.74, 6) is 0.812. The van der Waals surface area contributed by atoms with Crippen LogP contribution in [-0.2, 0) is 0 Å². The summed E-state index contributed by atoms with van der Waals surface area (Å²) in [5, 5.41) is 0. The van der Waals surface area contributed by atoms with E-state index in [-0.39, 0.29) is 0 Å². The van der Waals surface area contributed by atoms with E-state index in [4.69, 9.17) is 6.57 Å². The maximum atomic E-state index is 6.64. The van der Waals surface area contributed by atoms with Gasteiger partial charge in [-0.05, 0) is 19.8 Å². The Kier molecular flexibility index (Phi) is 2.90. The van der Waals surface area contributed by atoms with Gasteiger partial charge in [-0.1, -0.05) is 0 Å². The zero-order valence-corrected chi connectivity index (χ0v) is 7.38. The van der Waals surface area contributed by atoms with Crippen molar-refractivity contribution in [3.8, 4) is 0 Å². The minimum atomic E-state index is 0.694. The molecule has 0 aromatic carbocycles. The molecule has 0 amide bonds. The van der Waals surface area contributed by atoms with E-state index in [0.717, 1.165) is 18.9 Å². The molecule has 0 aromatic heterocycles. The van der Waals surface area contributed by atoms with Gasteiger partial charge in [0, 0.05) is 25.6 Å². The average Bonchev–Trinajstić information content (AvgIpc) is 1.84. The van der Waals surface area contributed by atoms with E-state index in [9.17, 15) is 0 Å². The third-order valence-corrected chi connectivity index (χ3v) is 2.36. The molecule has 2 nitrogen and oxygen atoms in total. The summed E-state index contributed by atoms with van der Waals surface area (Å²) < 4.78 is 0. The van der Waals surface area contributed by atoms with E-state index in [1.54, 1.807) is 0 Å². The topological polar surface area (TPSA) is 7.60 Å². The van der Waals surface area contributed by atoms with E-state index >= 15 is 0 Å². The van der Waals surface area contributed by atoms with Crippen molar-refractivity contribution in [1.82, 2.24) is 4.90 Å². The van der Waals surface area contributed by atoms with Crippen LogP contribution in [0.4, 0.5) is 0 Å². The maximum Gasteiger partial charge on any atom is 0.215 e. The lowest BCUT2D eigenvalue weighted by Crippen LogP contribution is -2.50. The molecule has 0 bridgehead atoms. The Bertz CT molecular complexity index is 151. The first kappa shape index (κ1) is 8.55. The van der Waals surface area contributed by atoms with Crippen LogP contribution < -0.4 is 0 Å². The first-order valence-corrected chi connectivity index (χ1v) is 4.31. The zero-order valence-electron chi connectivity index (χ0n) is 7.38. The molecular formula is C9H16N2. The lowest BCUT2D eigenvalue weighted by Gasteiger charge is -2.41. The van der Waals surface area contributed by atoms with Gasteiger partial charge in [0.25, 0.3) is 0 Å². The van der Waals surface area contributed by atoms with Crippen LogP contribution in [0.5, 0.6) is 0 Å². The van der Waals surface area contributed by atoms with Crippen LogP contribution in [0.1, 0.15) is 20.3 Å². The second kappa shape index (κ2) is 3.73. The average molecular weight is 152 g/mol. The molecule has 11 heavy (non-hydrogen) atoms. The summed E-state index contributed by atoms with van der Waals surface area (Å²) in [6, 6.07) is 0.694. The van der Waals surface area contributed by atoms with Crippen molar-refractivity contribution in [1.29, 1.82) is 0 Å². The number of nitrogens with zero attached hydrogens (tertiary/aromatic N) is 2.